The number of H-pyrrole nitrogens is 1. The number of para-hydroxylation sites is 1. The Kier molecular flexibility index (Phi) is 4.67. The minimum Gasteiger partial charge on any atom is -0.453 e. The average molecular weight is 396 g/mol. The van der Waals surface area contributed by atoms with Crippen molar-refractivity contribution < 1.29 is 27.6 Å². The minimum absolute atomic E-state index is 0.0157. The molecule has 0 radical (unpaired) electrons. The number of aromatic amines is 1. The van der Waals surface area contributed by atoms with E-state index in [1.807, 2.05) is 6.07 Å². The molecule has 4 aromatic rings. The van der Waals surface area contributed by atoms with Crippen molar-refractivity contribution in [2.75, 3.05) is 0 Å². The van der Waals surface area contributed by atoms with Crippen LogP contribution in [0.15, 0.2) is 53.1 Å². The summed E-state index contributed by atoms with van der Waals surface area (Å²) in [5, 5.41) is 4.31. The second-order valence-corrected chi connectivity index (χ2v) is 6.38. The van der Waals surface area contributed by atoms with Crippen LogP contribution in [0.5, 0.6) is 0 Å². The van der Waals surface area contributed by atoms with Crippen molar-refractivity contribution in [3.05, 3.63) is 77.1 Å². The third kappa shape index (κ3) is 3.52. The zero-order chi connectivity index (χ0) is 20.5. The predicted molar refractivity (Wildman–Crippen MR) is 99.0 cm³/mol. The Morgan fingerprint density at radius 3 is 2.72 bits per heavy atom. The number of hydrogen-bond donors (Lipinski definition) is 1. The molecule has 146 valence electrons. The number of ketones is 1. The lowest BCUT2D eigenvalue weighted by Gasteiger charge is -2.02. The molecular formula is C21H14F2N2O4. The van der Waals surface area contributed by atoms with Crippen LogP contribution in [0.2, 0.25) is 0 Å². The molecule has 8 heteroatoms. The fraction of sp³-hybridized carbons (Fsp3) is 0.0952. The number of benzene rings is 2. The third-order valence-electron chi connectivity index (χ3n) is 4.41. The number of esters is 1. The van der Waals surface area contributed by atoms with Gasteiger partial charge in [-0.3, -0.25) is 4.79 Å². The lowest BCUT2D eigenvalue weighted by molar-refractivity contribution is -0.139. The van der Waals surface area contributed by atoms with Gasteiger partial charge in [-0.15, -0.1) is 0 Å². The molecular weight excluding hydrogens is 382 g/mol. The zero-order valence-corrected chi connectivity index (χ0v) is 15.2. The second-order valence-electron chi connectivity index (χ2n) is 6.38. The largest absolute Gasteiger partial charge is 0.453 e. The minimum atomic E-state index is -1.05. The van der Waals surface area contributed by atoms with Crippen LogP contribution in [0.4, 0.5) is 8.78 Å². The van der Waals surface area contributed by atoms with Crippen molar-refractivity contribution in [3.63, 3.8) is 0 Å². The number of carbonyl (C=O) groups excluding carboxylic acids is 2. The summed E-state index contributed by atoms with van der Waals surface area (Å²) in [5.41, 5.74) is 1.74. The molecule has 0 bridgehead atoms. The number of rotatable bonds is 5. The molecule has 0 atom stereocenters. The molecule has 6 nitrogen and oxygen atoms in total. The van der Waals surface area contributed by atoms with Crippen LogP contribution in [0, 0.1) is 18.6 Å². The van der Waals surface area contributed by atoms with Crippen LogP contribution in [0.1, 0.15) is 21.7 Å². The van der Waals surface area contributed by atoms with Gasteiger partial charge in [0, 0.05) is 28.7 Å². The number of halogens is 2. The van der Waals surface area contributed by atoms with E-state index in [4.69, 9.17) is 9.26 Å². The topological polar surface area (TPSA) is 85.2 Å². The van der Waals surface area contributed by atoms with E-state index in [-0.39, 0.29) is 29.2 Å². The molecule has 0 fully saturated rings. The van der Waals surface area contributed by atoms with Gasteiger partial charge < -0.3 is 14.2 Å². The van der Waals surface area contributed by atoms with Crippen molar-refractivity contribution in [2.24, 2.45) is 0 Å². The molecule has 4 rings (SSSR count). The van der Waals surface area contributed by atoms with Gasteiger partial charge in [-0.1, -0.05) is 23.4 Å². The highest BCUT2D eigenvalue weighted by atomic mass is 19.1. The molecule has 29 heavy (non-hydrogen) atoms. The molecule has 2 heterocycles. The molecule has 0 aliphatic rings. The molecule has 1 N–H and O–H groups in total. The number of aromatic nitrogens is 2. The maximum atomic E-state index is 13.8. The van der Waals surface area contributed by atoms with Gasteiger partial charge in [0.15, 0.2) is 5.76 Å². The SMILES string of the molecule is Cc1[nH]c2ccccc2c1C(=O)C(=O)OCc1cc(-c2ccc(F)cc2F)on1. The highest BCUT2D eigenvalue weighted by molar-refractivity contribution is 6.43. The fourth-order valence-corrected chi connectivity index (χ4v) is 3.07. The smallest absolute Gasteiger partial charge is 0.380 e. The Morgan fingerprint density at radius 1 is 1.14 bits per heavy atom. The van der Waals surface area contributed by atoms with Gasteiger partial charge in [0.1, 0.15) is 23.9 Å². The first-order chi connectivity index (χ1) is 13.9. The van der Waals surface area contributed by atoms with E-state index in [1.165, 1.54) is 12.1 Å². The van der Waals surface area contributed by atoms with Gasteiger partial charge in [-0.25, -0.2) is 13.6 Å². The molecule has 0 unspecified atom stereocenters. The van der Waals surface area contributed by atoms with Crippen molar-refractivity contribution in [1.82, 2.24) is 10.1 Å². The Balaban J connectivity index is 1.48. The van der Waals surface area contributed by atoms with Crippen LogP contribution >= 0.6 is 0 Å². The number of nitrogens with one attached hydrogen (secondary N) is 1. The first-order valence-corrected chi connectivity index (χ1v) is 8.64. The summed E-state index contributed by atoms with van der Waals surface area (Å²) in [7, 11) is 0. The van der Waals surface area contributed by atoms with Gasteiger partial charge in [-0.2, -0.15) is 0 Å². The number of hydrogen-bond acceptors (Lipinski definition) is 5. The fourth-order valence-electron chi connectivity index (χ4n) is 3.07. The molecule has 0 aliphatic carbocycles. The quantitative estimate of drug-likeness (QED) is 0.308. The van der Waals surface area contributed by atoms with E-state index in [0.717, 1.165) is 17.6 Å². The summed E-state index contributed by atoms with van der Waals surface area (Å²) in [4.78, 5) is 27.8. The van der Waals surface area contributed by atoms with Crippen LogP contribution < -0.4 is 0 Å². The van der Waals surface area contributed by atoms with E-state index >= 15 is 0 Å². The molecule has 0 saturated carbocycles. The lowest BCUT2D eigenvalue weighted by Crippen LogP contribution is -2.18. The molecule has 0 aliphatic heterocycles. The maximum Gasteiger partial charge on any atom is 0.380 e. The number of nitrogens with zero attached hydrogens (tertiary/aromatic N) is 1. The van der Waals surface area contributed by atoms with Gasteiger partial charge in [-0.05, 0) is 25.1 Å². The normalized spacial score (nSPS) is 11.0. The van der Waals surface area contributed by atoms with Crippen LogP contribution in [-0.2, 0) is 16.1 Å². The average Bonchev–Trinajstić information content (AvgIpc) is 3.29. The zero-order valence-electron chi connectivity index (χ0n) is 15.2. The maximum absolute atomic E-state index is 13.8. The van der Waals surface area contributed by atoms with Crippen molar-refractivity contribution in [3.8, 4) is 11.3 Å². The second kappa shape index (κ2) is 7.31. The Labute approximate surface area is 163 Å². The van der Waals surface area contributed by atoms with Crippen molar-refractivity contribution >= 4 is 22.7 Å². The Hall–Kier alpha value is -3.81. The van der Waals surface area contributed by atoms with E-state index in [1.54, 1.807) is 25.1 Å². The highest BCUT2D eigenvalue weighted by Crippen LogP contribution is 2.25. The van der Waals surface area contributed by atoms with E-state index < -0.39 is 23.4 Å². The van der Waals surface area contributed by atoms with Crippen LogP contribution in [0.3, 0.4) is 0 Å². The number of aryl methyl sites for hydroxylation is 1. The van der Waals surface area contributed by atoms with Gasteiger partial charge in [0.2, 0.25) is 0 Å². The van der Waals surface area contributed by atoms with Crippen molar-refractivity contribution in [2.45, 2.75) is 13.5 Å². The summed E-state index contributed by atoms with van der Waals surface area (Å²) in [6.45, 7) is 1.36. The summed E-state index contributed by atoms with van der Waals surface area (Å²) >= 11 is 0. The summed E-state index contributed by atoms with van der Waals surface area (Å²) in [5.74, 6) is -3.31. The van der Waals surface area contributed by atoms with Crippen LogP contribution in [0.25, 0.3) is 22.2 Å². The molecule has 0 spiro atoms. The van der Waals surface area contributed by atoms with E-state index in [0.29, 0.717) is 11.1 Å². The van der Waals surface area contributed by atoms with E-state index in [2.05, 4.69) is 10.1 Å². The summed E-state index contributed by atoms with van der Waals surface area (Å²) in [6.07, 6.45) is 0. The highest BCUT2D eigenvalue weighted by Gasteiger charge is 2.24. The van der Waals surface area contributed by atoms with Gasteiger partial charge in [0.25, 0.3) is 5.78 Å². The number of fused-ring (bicyclic) bond motifs is 1. The molecule has 0 saturated heterocycles. The predicted octanol–water partition coefficient (Wildman–Crippen LogP) is 4.34. The first-order valence-electron chi connectivity index (χ1n) is 8.64. The number of Topliss-reactive ketones (excluding diaryl/α,β-unsaturated/α-hetero) is 1. The van der Waals surface area contributed by atoms with E-state index in [9.17, 15) is 18.4 Å². The summed E-state index contributed by atoms with van der Waals surface area (Å²) in [6, 6.07) is 11.5. The van der Waals surface area contributed by atoms with Crippen molar-refractivity contribution in [1.29, 1.82) is 0 Å². The molecule has 0 amide bonds. The monoisotopic (exact) mass is 396 g/mol. The number of carbonyl (C=O) groups is 2. The van der Waals surface area contributed by atoms with Gasteiger partial charge in [0.05, 0.1) is 11.1 Å². The Bertz CT molecular complexity index is 1240. The Morgan fingerprint density at radius 2 is 1.93 bits per heavy atom. The third-order valence-corrected chi connectivity index (χ3v) is 4.41. The summed E-state index contributed by atoms with van der Waals surface area (Å²) < 4.78 is 36.9. The number of ether oxygens (including phenoxy) is 1. The van der Waals surface area contributed by atoms with Crippen LogP contribution in [-0.4, -0.2) is 21.9 Å². The lowest BCUT2D eigenvalue weighted by atomic mass is 10.1. The molecule has 2 aromatic heterocycles. The van der Waals surface area contributed by atoms with Gasteiger partial charge >= 0.3 is 5.97 Å². The molecule has 2 aromatic carbocycles. The standard InChI is InChI=1S/C21H14F2N2O4/c1-11-19(15-4-2-3-5-17(15)24-11)20(26)21(27)28-10-13-9-18(29-25-13)14-7-6-12(22)8-16(14)23/h2-9,24H,10H2,1H3. The first kappa shape index (κ1) is 18.5.